The van der Waals surface area contributed by atoms with Crippen molar-refractivity contribution in [1.29, 1.82) is 0 Å². The van der Waals surface area contributed by atoms with E-state index >= 15 is 0 Å². The van der Waals surface area contributed by atoms with Gasteiger partial charge in [0.2, 0.25) is 5.91 Å². The number of anilines is 1. The van der Waals surface area contributed by atoms with Gasteiger partial charge in [-0.3, -0.25) is 4.79 Å². The Morgan fingerprint density at radius 3 is 2.31 bits per heavy atom. The number of hydrogen-bond donors (Lipinski definition) is 1. The fourth-order valence-electron chi connectivity index (χ4n) is 6.53. The Labute approximate surface area is 303 Å². The van der Waals surface area contributed by atoms with Crippen molar-refractivity contribution in [2.75, 3.05) is 51.3 Å². The fourth-order valence-corrected chi connectivity index (χ4v) is 7.29. The van der Waals surface area contributed by atoms with E-state index in [-0.39, 0.29) is 30.6 Å². The van der Waals surface area contributed by atoms with Gasteiger partial charge >= 0.3 is 12.2 Å². The topological polar surface area (TPSA) is 118 Å². The monoisotopic (exact) mass is 718 g/mol. The minimum atomic E-state index is -1.30. The number of likely N-dealkylation sites (tertiary alicyclic amines) is 1. The van der Waals surface area contributed by atoms with Crippen molar-refractivity contribution >= 4 is 31.9 Å². The second-order valence-corrected chi connectivity index (χ2v) is 20.5. The molecule has 2 saturated heterocycles. The van der Waals surface area contributed by atoms with E-state index < -0.39 is 20.2 Å². The van der Waals surface area contributed by atoms with Crippen LogP contribution in [0.2, 0.25) is 25.7 Å². The van der Waals surface area contributed by atoms with Gasteiger partial charge in [-0.05, 0) is 48.1 Å². The highest BCUT2D eigenvalue weighted by atomic mass is 28.3. The highest BCUT2D eigenvalue weighted by Gasteiger charge is 2.38. The first-order valence-corrected chi connectivity index (χ1v) is 21.7. The molecule has 0 unspecified atom stereocenters. The summed E-state index contributed by atoms with van der Waals surface area (Å²) in [5.41, 5.74) is 3.97. The summed E-state index contributed by atoms with van der Waals surface area (Å²) in [7, 11) is 0.00612. The number of carbonyl (C=O) groups is 3. The fraction of sp³-hybridized carbons (Fsp3) is 0.526. The molecule has 0 spiro atoms. The molecule has 0 saturated carbocycles. The van der Waals surface area contributed by atoms with Gasteiger partial charge in [-0.25, -0.2) is 14.6 Å². The van der Waals surface area contributed by atoms with Gasteiger partial charge in [0.25, 0.3) is 0 Å². The number of nitrogens with zero attached hydrogens (tertiary/aromatic N) is 5. The van der Waals surface area contributed by atoms with Crippen LogP contribution >= 0.6 is 0 Å². The van der Waals surface area contributed by atoms with Gasteiger partial charge in [0.05, 0.1) is 25.0 Å². The number of piperazine rings is 1. The molecule has 12 nitrogen and oxygen atoms in total. The Morgan fingerprint density at radius 2 is 1.67 bits per heavy atom. The van der Waals surface area contributed by atoms with Crippen molar-refractivity contribution in [3.63, 3.8) is 0 Å². The number of imidazole rings is 1. The highest BCUT2D eigenvalue weighted by Crippen LogP contribution is 2.35. The predicted octanol–water partition coefficient (Wildman–Crippen LogP) is 6.37. The van der Waals surface area contributed by atoms with Gasteiger partial charge in [0.15, 0.2) is 0 Å². The van der Waals surface area contributed by atoms with Crippen LogP contribution in [-0.4, -0.2) is 98.0 Å². The molecule has 0 aliphatic carbocycles. The Kier molecular flexibility index (Phi) is 12.8. The first-order chi connectivity index (χ1) is 24.4. The molecule has 1 N–H and O–H groups in total. The van der Waals surface area contributed by atoms with Crippen LogP contribution in [0.3, 0.4) is 0 Å². The number of aromatic nitrogens is 2. The van der Waals surface area contributed by atoms with E-state index in [1.807, 2.05) is 55.3 Å². The Balaban J connectivity index is 1.29. The maximum Gasteiger partial charge on any atom is 0.410 e. The van der Waals surface area contributed by atoms with Crippen LogP contribution in [0.4, 0.5) is 15.3 Å². The van der Waals surface area contributed by atoms with E-state index in [0.29, 0.717) is 46.1 Å². The van der Waals surface area contributed by atoms with E-state index in [4.69, 9.17) is 19.2 Å². The van der Waals surface area contributed by atoms with E-state index in [0.717, 1.165) is 47.2 Å². The zero-order valence-corrected chi connectivity index (χ0v) is 32.0. The van der Waals surface area contributed by atoms with Crippen molar-refractivity contribution in [3.05, 3.63) is 72.2 Å². The molecule has 3 aromatic rings. The average molecular weight is 719 g/mol. The molecule has 13 heteroatoms. The summed E-state index contributed by atoms with van der Waals surface area (Å²) < 4.78 is 18.7. The van der Waals surface area contributed by atoms with E-state index in [9.17, 15) is 14.4 Å². The maximum absolute atomic E-state index is 13.9. The molecule has 2 aliphatic heterocycles. The van der Waals surface area contributed by atoms with Crippen LogP contribution in [0.15, 0.2) is 60.8 Å². The molecule has 1 aromatic heterocycles. The lowest BCUT2D eigenvalue weighted by Crippen LogP contribution is -2.51. The lowest BCUT2D eigenvalue weighted by Gasteiger charge is -2.35. The van der Waals surface area contributed by atoms with Crippen molar-refractivity contribution in [2.24, 2.45) is 5.92 Å². The number of methoxy groups -OCH3 is 1. The third kappa shape index (κ3) is 9.91. The van der Waals surface area contributed by atoms with E-state index in [1.54, 1.807) is 4.90 Å². The molecule has 2 aromatic carbocycles. The van der Waals surface area contributed by atoms with Gasteiger partial charge in [-0.2, -0.15) is 0 Å². The molecular weight excluding hydrogens is 665 g/mol. The normalized spacial score (nSPS) is 17.1. The zero-order valence-electron chi connectivity index (χ0n) is 31.0. The second kappa shape index (κ2) is 17.2. The molecule has 0 radical (unpaired) electrons. The molecule has 51 heavy (non-hydrogen) atoms. The minimum Gasteiger partial charge on any atom is -0.453 e. The van der Waals surface area contributed by atoms with Crippen molar-refractivity contribution in [1.82, 2.24) is 24.7 Å². The van der Waals surface area contributed by atoms with Gasteiger partial charge in [0, 0.05) is 53.1 Å². The smallest absolute Gasteiger partial charge is 0.410 e. The van der Waals surface area contributed by atoms with Crippen LogP contribution < -0.4 is 10.2 Å². The van der Waals surface area contributed by atoms with E-state index in [1.165, 1.54) is 7.11 Å². The summed E-state index contributed by atoms with van der Waals surface area (Å²) in [5, 5.41) is 2.74. The summed E-state index contributed by atoms with van der Waals surface area (Å²) in [6.45, 7) is 15.3. The number of hydrogen-bond acceptors (Lipinski definition) is 8. The largest absolute Gasteiger partial charge is 0.453 e. The SMILES string of the molecule is COC(=O)N[C@H](C(=O)N1CCC[C@H]1c1ncc(-c2ccc(N3CCN(C(=O)OCc4ccccc4)CC3)cc2)n1COCC[Si](C)(C)C)C(C)C. The number of benzene rings is 2. The number of amides is 3. The van der Waals surface area contributed by atoms with Crippen molar-refractivity contribution in [2.45, 2.75) is 77.8 Å². The average Bonchev–Trinajstić information content (AvgIpc) is 3.78. The first kappa shape index (κ1) is 37.9. The Bertz CT molecular complexity index is 1600. The lowest BCUT2D eigenvalue weighted by molar-refractivity contribution is -0.135. The minimum absolute atomic E-state index is 0.118. The Hall–Kier alpha value is -4.36. The van der Waals surface area contributed by atoms with Crippen LogP contribution in [0.25, 0.3) is 11.3 Å². The third-order valence-corrected chi connectivity index (χ3v) is 11.3. The summed E-state index contributed by atoms with van der Waals surface area (Å²) in [5.74, 6) is 0.527. The number of alkyl carbamates (subject to hydrolysis) is 1. The Morgan fingerprint density at radius 1 is 0.961 bits per heavy atom. The van der Waals surface area contributed by atoms with Crippen LogP contribution in [0, 0.1) is 5.92 Å². The molecular formula is C38H54N6O6Si. The summed E-state index contributed by atoms with van der Waals surface area (Å²) in [6.07, 6.45) is 2.57. The van der Waals surface area contributed by atoms with Crippen LogP contribution in [0.1, 0.15) is 44.1 Å². The zero-order chi connectivity index (χ0) is 36.5. The molecule has 2 atom stereocenters. The molecule has 3 heterocycles. The second-order valence-electron chi connectivity index (χ2n) is 14.9. The maximum atomic E-state index is 13.9. The summed E-state index contributed by atoms with van der Waals surface area (Å²) in [4.78, 5) is 49.5. The van der Waals surface area contributed by atoms with Gasteiger partial charge in [-0.15, -0.1) is 0 Å². The molecule has 276 valence electrons. The van der Waals surface area contributed by atoms with Crippen molar-refractivity contribution in [3.8, 4) is 11.3 Å². The molecule has 3 amide bonds. The lowest BCUT2D eigenvalue weighted by atomic mass is 10.0. The number of nitrogens with one attached hydrogen (secondary N) is 1. The predicted molar refractivity (Wildman–Crippen MR) is 200 cm³/mol. The van der Waals surface area contributed by atoms with Gasteiger partial charge in [0.1, 0.15) is 25.2 Å². The standard InChI is InChI=1S/C38H54N6O6Si/c1-28(2)34(40-37(46)48-3)36(45)43-18-10-13-32(43)35-39-25-33(44(35)27-49-23-24-51(4,5)6)30-14-16-31(17-15-30)41-19-21-42(22-20-41)38(47)50-26-29-11-8-7-9-12-29/h7-9,11-12,14-17,25,28,32,34H,10,13,18-24,26-27H2,1-6H3,(H,40,46)/t32-,34-/m0/s1. The highest BCUT2D eigenvalue weighted by molar-refractivity contribution is 6.76. The number of ether oxygens (including phenoxy) is 3. The molecule has 5 rings (SSSR count). The summed E-state index contributed by atoms with van der Waals surface area (Å²) in [6, 6.07) is 18.2. The number of rotatable bonds is 13. The third-order valence-electron chi connectivity index (χ3n) is 9.60. The van der Waals surface area contributed by atoms with Crippen LogP contribution in [-0.2, 0) is 32.3 Å². The molecule has 2 aliphatic rings. The van der Waals surface area contributed by atoms with Gasteiger partial charge in [-0.1, -0.05) is 76.0 Å². The number of carbonyl (C=O) groups excluding carboxylic acids is 3. The van der Waals surface area contributed by atoms with Crippen molar-refractivity contribution < 1.29 is 28.6 Å². The van der Waals surface area contributed by atoms with E-state index in [2.05, 4.69) is 58.7 Å². The van der Waals surface area contributed by atoms with Crippen LogP contribution in [0.5, 0.6) is 0 Å². The molecule has 2 fully saturated rings. The summed E-state index contributed by atoms with van der Waals surface area (Å²) >= 11 is 0. The molecule has 0 bridgehead atoms. The van der Waals surface area contributed by atoms with Gasteiger partial charge < -0.3 is 38.8 Å². The first-order valence-electron chi connectivity index (χ1n) is 18.0. The quantitative estimate of drug-likeness (QED) is 0.160.